The van der Waals surface area contributed by atoms with Crippen LogP contribution in [0.25, 0.3) is 0 Å². The van der Waals surface area contributed by atoms with Crippen molar-refractivity contribution in [2.45, 2.75) is 46.6 Å². The molecule has 0 aliphatic heterocycles. The Morgan fingerprint density at radius 3 is 2.08 bits per heavy atom. The van der Waals surface area contributed by atoms with Crippen LogP contribution in [0.2, 0.25) is 0 Å². The SMILES string of the molecule is CCCOCCOCCNC(=O)CCOCCOCC(N)C(C)(C)C. The van der Waals surface area contributed by atoms with Crippen molar-refractivity contribution in [1.29, 1.82) is 0 Å². The molecule has 25 heavy (non-hydrogen) atoms. The number of amides is 1. The summed E-state index contributed by atoms with van der Waals surface area (Å²) in [7, 11) is 0. The van der Waals surface area contributed by atoms with Gasteiger partial charge in [-0.3, -0.25) is 4.79 Å². The van der Waals surface area contributed by atoms with E-state index in [0.29, 0.717) is 59.2 Å². The topological polar surface area (TPSA) is 92.0 Å². The average Bonchev–Trinajstić information content (AvgIpc) is 2.55. The van der Waals surface area contributed by atoms with Gasteiger partial charge in [0.2, 0.25) is 5.91 Å². The molecule has 0 saturated heterocycles. The van der Waals surface area contributed by atoms with Gasteiger partial charge >= 0.3 is 0 Å². The van der Waals surface area contributed by atoms with Crippen LogP contribution >= 0.6 is 0 Å². The van der Waals surface area contributed by atoms with Gasteiger partial charge in [0.1, 0.15) is 0 Å². The summed E-state index contributed by atoms with van der Waals surface area (Å²) in [5, 5.41) is 2.79. The van der Waals surface area contributed by atoms with Crippen LogP contribution in [0.5, 0.6) is 0 Å². The summed E-state index contributed by atoms with van der Waals surface area (Å²) in [6, 6.07) is -0.00120. The van der Waals surface area contributed by atoms with Crippen LogP contribution in [-0.2, 0) is 23.7 Å². The fourth-order valence-electron chi connectivity index (χ4n) is 1.66. The molecule has 0 heterocycles. The maximum absolute atomic E-state index is 11.6. The van der Waals surface area contributed by atoms with Crippen molar-refractivity contribution in [3.05, 3.63) is 0 Å². The second-order valence-corrected chi connectivity index (χ2v) is 6.98. The van der Waals surface area contributed by atoms with Crippen LogP contribution in [0.3, 0.4) is 0 Å². The molecule has 0 aliphatic rings. The Balaban J connectivity index is 3.31. The lowest BCUT2D eigenvalue weighted by molar-refractivity contribution is -0.122. The van der Waals surface area contributed by atoms with Gasteiger partial charge in [-0.05, 0) is 11.8 Å². The van der Waals surface area contributed by atoms with Crippen LogP contribution in [0.15, 0.2) is 0 Å². The monoisotopic (exact) mass is 362 g/mol. The minimum atomic E-state index is -0.0403. The fraction of sp³-hybridized carbons (Fsp3) is 0.944. The zero-order valence-electron chi connectivity index (χ0n) is 16.5. The number of hydrogen-bond acceptors (Lipinski definition) is 6. The number of ether oxygens (including phenoxy) is 4. The van der Waals surface area contributed by atoms with E-state index in [1.165, 1.54) is 0 Å². The second kappa shape index (κ2) is 15.5. The van der Waals surface area contributed by atoms with Crippen LogP contribution < -0.4 is 11.1 Å². The molecule has 1 atom stereocenters. The van der Waals surface area contributed by atoms with Crippen molar-refractivity contribution < 1.29 is 23.7 Å². The summed E-state index contributed by atoms with van der Waals surface area (Å²) in [5.41, 5.74) is 6.03. The zero-order valence-corrected chi connectivity index (χ0v) is 16.5. The predicted octanol–water partition coefficient (Wildman–Crippen LogP) is 1.34. The number of rotatable bonds is 16. The quantitative estimate of drug-likeness (QED) is 0.403. The molecule has 1 unspecified atom stereocenters. The minimum absolute atomic E-state index is 0.00120. The average molecular weight is 363 g/mol. The minimum Gasteiger partial charge on any atom is -0.379 e. The summed E-state index contributed by atoms with van der Waals surface area (Å²) in [6.45, 7) is 13.1. The molecule has 7 heteroatoms. The van der Waals surface area contributed by atoms with Gasteiger partial charge in [0.25, 0.3) is 0 Å². The molecule has 0 rings (SSSR count). The molecule has 0 aromatic heterocycles. The number of nitrogens with two attached hydrogens (primary N) is 1. The van der Waals surface area contributed by atoms with Gasteiger partial charge in [-0.25, -0.2) is 0 Å². The normalized spacial score (nSPS) is 13.0. The Morgan fingerprint density at radius 2 is 1.48 bits per heavy atom. The number of carbonyl (C=O) groups is 1. The molecule has 150 valence electrons. The van der Waals surface area contributed by atoms with Gasteiger partial charge < -0.3 is 30.0 Å². The molecule has 0 aromatic rings. The smallest absolute Gasteiger partial charge is 0.222 e. The fourth-order valence-corrected chi connectivity index (χ4v) is 1.66. The van der Waals surface area contributed by atoms with Crippen LogP contribution in [0.4, 0.5) is 0 Å². The Bertz CT molecular complexity index is 321. The first-order chi connectivity index (χ1) is 11.9. The van der Waals surface area contributed by atoms with Gasteiger partial charge in [0, 0.05) is 25.6 Å². The van der Waals surface area contributed by atoms with E-state index < -0.39 is 0 Å². The van der Waals surface area contributed by atoms with Gasteiger partial charge in [0.15, 0.2) is 0 Å². The molecule has 0 fully saturated rings. The van der Waals surface area contributed by atoms with E-state index in [4.69, 9.17) is 24.7 Å². The van der Waals surface area contributed by atoms with Crippen LogP contribution in [-0.4, -0.2) is 71.3 Å². The third kappa shape index (κ3) is 16.5. The summed E-state index contributed by atoms with van der Waals surface area (Å²) in [5.74, 6) is -0.0403. The van der Waals surface area contributed by atoms with E-state index in [0.717, 1.165) is 13.0 Å². The van der Waals surface area contributed by atoms with Gasteiger partial charge in [-0.1, -0.05) is 27.7 Å². The molecular weight excluding hydrogens is 324 g/mol. The molecule has 3 N–H and O–H groups in total. The van der Waals surface area contributed by atoms with Crippen LogP contribution in [0, 0.1) is 5.41 Å². The van der Waals surface area contributed by atoms with Crippen molar-refractivity contribution in [2.24, 2.45) is 11.1 Å². The highest BCUT2D eigenvalue weighted by Gasteiger charge is 2.20. The molecule has 0 aliphatic carbocycles. The van der Waals surface area contributed by atoms with Gasteiger partial charge in [-0.2, -0.15) is 0 Å². The molecule has 0 radical (unpaired) electrons. The number of nitrogens with one attached hydrogen (secondary N) is 1. The Labute approximate surface area is 152 Å². The highest BCUT2D eigenvalue weighted by atomic mass is 16.5. The molecule has 0 bridgehead atoms. The van der Waals surface area contributed by atoms with E-state index >= 15 is 0 Å². The highest BCUT2D eigenvalue weighted by molar-refractivity contribution is 5.75. The Morgan fingerprint density at radius 1 is 0.920 bits per heavy atom. The van der Waals surface area contributed by atoms with Gasteiger partial charge in [0.05, 0.1) is 46.2 Å². The maximum Gasteiger partial charge on any atom is 0.222 e. The largest absolute Gasteiger partial charge is 0.379 e. The van der Waals surface area contributed by atoms with E-state index in [2.05, 4.69) is 33.0 Å². The van der Waals surface area contributed by atoms with Crippen molar-refractivity contribution in [1.82, 2.24) is 5.32 Å². The standard InChI is InChI=1S/C18H38N2O5/c1-5-8-22-11-12-24-10-7-20-17(21)6-9-23-13-14-25-15-16(19)18(2,3)4/h16H,5-15,19H2,1-4H3,(H,20,21). The Kier molecular flexibility index (Phi) is 15.1. The van der Waals surface area contributed by atoms with E-state index in [1.54, 1.807) is 0 Å². The van der Waals surface area contributed by atoms with Crippen molar-refractivity contribution in [3.8, 4) is 0 Å². The highest BCUT2D eigenvalue weighted by Crippen LogP contribution is 2.17. The van der Waals surface area contributed by atoms with E-state index in [-0.39, 0.29) is 17.4 Å². The van der Waals surface area contributed by atoms with Crippen molar-refractivity contribution in [3.63, 3.8) is 0 Å². The summed E-state index contributed by atoms with van der Waals surface area (Å²) < 4.78 is 21.5. The first-order valence-corrected chi connectivity index (χ1v) is 9.21. The number of hydrogen-bond donors (Lipinski definition) is 2. The summed E-state index contributed by atoms with van der Waals surface area (Å²) >= 11 is 0. The predicted molar refractivity (Wildman–Crippen MR) is 98.6 cm³/mol. The third-order valence-corrected chi connectivity index (χ3v) is 3.54. The van der Waals surface area contributed by atoms with Crippen LogP contribution in [0.1, 0.15) is 40.5 Å². The lowest BCUT2D eigenvalue weighted by Gasteiger charge is -2.26. The summed E-state index contributed by atoms with van der Waals surface area (Å²) in [4.78, 5) is 11.6. The van der Waals surface area contributed by atoms with Crippen molar-refractivity contribution >= 4 is 5.91 Å². The van der Waals surface area contributed by atoms with Gasteiger partial charge in [-0.15, -0.1) is 0 Å². The molecule has 0 saturated carbocycles. The first kappa shape index (κ1) is 24.3. The molecule has 0 spiro atoms. The zero-order chi connectivity index (χ0) is 19.0. The second-order valence-electron chi connectivity index (χ2n) is 6.98. The molecule has 1 amide bonds. The molecular formula is C18H38N2O5. The maximum atomic E-state index is 11.6. The first-order valence-electron chi connectivity index (χ1n) is 9.21. The molecule has 0 aromatic carbocycles. The summed E-state index contributed by atoms with van der Waals surface area (Å²) in [6.07, 6.45) is 1.34. The number of carbonyl (C=O) groups excluding carboxylic acids is 1. The van der Waals surface area contributed by atoms with Crippen molar-refractivity contribution in [2.75, 3.05) is 59.4 Å². The van der Waals surface area contributed by atoms with E-state index in [9.17, 15) is 4.79 Å². The lowest BCUT2D eigenvalue weighted by Crippen LogP contribution is -2.39. The Hall–Kier alpha value is -0.730. The van der Waals surface area contributed by atoms with E-state index in [1.807, 2.05) is 0 Å². The third-order valence-electron chi connectivity index (χ3n) is 3.54. The molecule has 7 nitrogen and oxygen atoms in total. The lowest BCUT2D eigenvalue weighted by atomic mass is 9.88.